The second kappa shape index (κ2) is 14.4. The Labute approximate surface area is 255 Å². The van der Waals surface area contributed by atoms with E-state index in [1.807, 2.05) is 24.3 Å². The van der Waals surface area contributed by atoms with Gasteiger partial charge in [0.2, 0.25) is 5.88 Å². The Hall–Kier alpha value is -4.01. The molecule has 2 aromatic heterocycles. The first-order valence-corrected chi connectivity index (χ1v) is 15.0. The van der Waals surface area contributed by atoms with E-state index >= 15 is 0 Å². The number of ether oxygens (including phenoxy) is 2. The Morgan fingerprint density at radius 1 is 1.07 bits per heavy atom. The summed E-state index contributed by atoms with van der Waals surface area (Å²) in [5, 5.41) is 13.4. The second-order valence-electron chi connectivity index (χ2n) is 11.1. The third kappa shape index (κ3) is 7.32. The van der Waals surface area contributed by atoms with Crippen molar-refractivity contribution < 1.29 is 19.4 Å². The van der Waals surface area contributed by atoms with Gasteiger partial charge in [-0.1, -0.05) is 43.3 Å². The van der Waals surface area contributed by atoms with E-state index in [4.69, 9.17) is 9.47 Å². The van der Waals surface area contributed by atoms with Crippen LogP contribution in [0.15, 0.2) is 54.7 Å². The van der Waals surface area contributed by atoms with E-state index in [9.17, 15) is 9.90 Å². The topological polar surface area (TPSA) is 89.7 Å². The van der Waals surface area contributed by atoms with Gasteiger partial charge in [0.05, 0.1) is 25.1 Å². The second-order valence-corrected chi connectivity index (χ2v) is 11.1. The van der Waals surface area contributed by atoms with Crippen molar-refractivity contribution in [2.75, 3.05) is 26.9 Å². The van der Waals surface area contributed by atoms with Gasteiger partial charge in [-0.3, -0.25) is 4.90 Å². The number of carboxylic acid groups (broad SMARTS) is 1. The standard InChI is InChI=1S/C19H19N3O3.C16H25NO/c1-4-25-18-15(19(23)24)11-20-22(18)17-10-6-9-16(21-17)14-8-5-7-12(2)13(14)3;1-5-14-8-12(2)16-10-17(13(3)11-18-4)7-6-15(16)9-14/h5-11H,4H2,1-3H3,(H,23,24);8-9,13H,5-7,10-11H2,1-4H3. The van der Waals surface area contributed by atoms with Crippen LogP contribution in [0, 0.1) is 20.8 Å². The highest BCUT2D eigenvalue weighted by molar-refractivity contribution is 5.90. The number of methoxy groups -OCH3 is 1. The molecule has 2 aromatic carbocycles. The van der Waals surface area contributed by atoms with Crippen molar-refractivity contribution >= 4 is 5.97 Å². The molecule has 1 unspecified atom stereocenters. The molecule has 0 saturated carbocycles. The summed E-state index contributed by atoms with van der Waals surface area (Å²) in [6.07, 6.45) is 3.59. The predicted molar refractivity (Wildman–Crippen MR) is 170 cm³/mol. The van der Waals surface area contributed by atoms with E-state index < -0.39 is 5.97 Å². The number of aromatic nitrogens is 3. The molecule has 0 radical (unpaired) electrons. The van der Waals surface area contributed by atoms with Crippen molar-refractivity contribution in [1.29, 1.82) is 0 Å². The number of carbonyl (C=O) groups is 1. The normalized spacial score (nSPS) is 13.6. The zero-order valence-corrected chi connectivity index (χ0v) is 26.5. The molecule has 0 amide bonds. The quantitative estimate of drug-likeness (QED) is 0.237. The molecule has 1 atom stereocenters. The summed E-state index contributed by atoms with van der Waals surface area (Å²) < 4.78 is 12.2. The van der Waals surface area contributed by atoms with Crippen LogP contribution in [-0.4, -0.2) is 63.7 Å². The van der Waals surface area contributed by atoms with Gasteiger partial charge in [-0.25, -0.2) is 9.78 Å². The third-order valence-corrected chi connectivity index (χ3v) is 8.16. The number of rotatable bonds is 9. The van der Waals surface area contributed by atoms with Crippen molar-refractivity contribution in [2.45, 2.75) is 67.0 Å². The zero-order chi connectivity index (χ0) is 31.1. The van der Waals surface area contributed by atoms with Crippen LogP contribution < -0.4 is 4.74 Å². The summed E-state index contributed by atoms with van der Waals surface area (Å²) in [6, 6.07) is 16.9. The number of aromatic carboxylic acids is 1. The van der Waals surface area contributed by atoms with Crippen molar-refractivity contribution in [1.82, 2.24) is 19.7 Å². The van der Waals surface area contributed by atoms with Gasteiger partial charge in [-0.2, -0.15) is 9.78 Å². The molecule has 1 aliphatic heterocycles. The molecule has 0 spiro atoms. The molecular formula is C35H44N4O4. The minimum atomic E-state index is -1.08. The van der Waals surface area contributed by atoms with Crippen LogP contribution in [0.5, 0.6) is 5.88 Å². The fourth-order valence-corrected chi connectivity index (χ4v) is 5.54. The lowest BCUT2D eigenvalue weighted by Crippen LogP contribution is -2.40. The number of nitrogens with zero attached hydrogens (tertiary/aromatic N) is 4. The molecule has 8 heteroatoms. The lowest BCUT2D eigenvalue weighted by molar-refractivity contribution is 0.0692. The lowest BCUT2D eigenvalue weighted by atomic mass is 9.92. The lowest BCUT2D eigenvalue weighted by Gasteiger charge is -2.34. The number of hydrogen-bond acceptors (Lipinski definition) is 6. The van der Waals surface area contributed by atoms with Gasteiger partial charge in [0.1, 0.15) is 5.56 Å². The number of hydrogen-bond donors (Lipinski definition) is 1. The van der Waals surface area contributed by atoms with Crippen LogP contribution >= 0.6 is 0 Å². The Balaban J connectivity index is 0.000000208. The van der Waals surface area contributed by atoms with E-state index in [0.717, 1.165) is 42.9 Å². The molecule has 8 nitrogen and oxygen atoms in total. The van der Waals surface area contributed by atoms with Crippen molar-refractivity contribution in [3.05, 3.63) is 93.7 Å². The van der Waals surface area contributed by atoms with Crippen LogP contribution in [-0.2, 0) is 24.1 Å². The molecular weight excluding hydrogens is 540 g/mol. The maximum Gasteiger partial charge on any atom is 0.342 e. The van der Waals surface area contributed by atoms with Gasteiger partial charge < -0.3 is 14.6 Å². The average Bonchev–Trinajstić information content (AvgIpc) is 3.43. The van der Waals surface area contributed by atoms with Crippen LogP contribution in [0.2, 0.25) is 0 Å². The molecule has 228 valence electrons. The highest BCUT2D eigenvalue weighted by atomic mass is 16.5. The summed E-state index contributed by atoms with van der Waals surface area (Å²) in [7, 11) is 1.78. The van der Waals surface area contributed by atoms with E-state index in [1.165, 1.54) is 34.0 Å². The summed E-state index contributed by atoms with van der Waals surface area (Å²) in [6.45, 7) is 16.0. The number of pyridine rings is 1. The maximum atomic E-state index is 11.4. The molecule has 1 N–H and O–H groups in total. The first kappa shape index (κ1) is 31.9. The van der Waals surface area contributed by atoms with E-state index in [-0.39, 0.29) is 11.4 Å². The SMILES string of the molecule is CCOc1c(C(=O)O)cnn1-c1cccc(-c2cccc(C)c2C)n1.CCc1cc(C)c2c(c1)CCN(C(C)COC)C2. The molecule has 4 aromatic rings. The van der Waals surface area contributed by atoms with Gasteiger partial charge in [0.15, 0.2) is 5.82 Å². The van der Waals surface area contributed by atoms with Crippen molar-refractivity contribution in [3.63, 3.8) is 0 Å². The predicted octanol–water partition coefficient (Wildman–Crippen LogP) is 6.60. The zero-order valence-electron chi connectivity index (χ0n) is 26.5. The smallest absolute Gasteiger partial charge is 0.342 e. The molecule has 0 saturated heterocycles. The van der Waals surface area contributed by atoms with Gasteiger partial charge in [0, 0.05) is 31.8 Å². The molecule has 0 bridgehead atoms. The highest BCUT2D eigenvalue weighted by Gasteiger charge is 2.22. The molecule has 1 aliphatic rings. The summed E-state index contributed by atoms with van der Waals surface area (Å²) in [5.41, 5.74) is 10.2. The van der Waals surface area contributed by atoms with E-state index in [2.05, 4.69) is 67.8 Å². The fraction of sp³-hybridized carbons (Fsp3) is 0.400. The van der Waals surface area contributed by atoms with Crippen LogP contribution in [0.25, 0.3) is 17.1 Å². The molecule has 3 heterocycles. The summed E-state index contributed by atoms with van der Waals surface area (Å²) in [4.78, 5) is 18.5. The Morgan fingerprint density at radius 3 is 2.53 bits per heavy atom. The van der Waals surface area contributed by atoms with Gasteiger partial charge >= 0.3 is 5.97 Å². The fourth-order valence-electron chi connectivity index (χ4n) is 5.54. The molecule has 0 fully saturated rings. The molecule has 5 rings (SSSR count). The third-order valence-electron chi connectivity index (χ3n) is 8.16. The maximum absolute atomic E-state index is 11.4. The van der Waals surface area contributed by atoms with Crippen molar-refractivity contribution in [2.24, 2.45) is 0 Å². The number of benzene rings is 2. The number of aryl methyl sites for hydroxylation is 3. The molecule has 43 heavy (non-hydrogen) atoms. The Kier molecular flexibility index (Phi) is 10.7. The van der Waals surface area contributed by atoms with Gasteiger partial charge in [0.25, 0.3) is 0 Å². The minimum Gasteiger partial charge on any atom is -0.477 e. The highest BCUT2D eigenvalue weighted by Crippen LogP contribution is 2.28. The van der Waals surface area contributed by atoms with E-state index in [1.54, 1.807) is 31.2 Å². The first-order valence-electron chi connectivity index (χ1n) is 15.0. The largest absolute Gasteiger partial charge is 0.477 e. The van der Waals surface area contributed by atoms with Gasteiger partial charge in [-0.15, -0.1) is 0 Å². The number of fused-ring (bicyclic) bond motifs is 1. The summed E-state index contributed by atoms with van der Waals surface area (Å²) in [5.74, 6) is -0.393. The monoisotopic (exact) mass is 584 g/mol. The van der Waals surface area contributed by atoms with Crippen LogP contribution in [0.3, 0.4) is 0 Å². The molecule has 0 aliphatic carbocycles. The summed E-state index contributed by atoms with van der Waals surface area (Å²) >= 11 is 0. The van der Waals surface area contributed by atoms with Crippen LogP contribution in [0.1, 0.15) is 64.5 Å². The Morgan fingerprint density at radius 2 is 1.84 bits per heavy atom. The first-order chi connectivity index (χ1) is 20.7. The van der Waals surface area contributed by atoms with Gasteiger partial charge in [-0.05, 0) is 93.0 Å². The van der Waals surface area contributed by atoms with E-state index in [0.29, 0.717) is 18.5 Å². The van der Waals surface area contributed by atoms with Crippen LogP contribution in [0.4, 0.5) is 0 Å². The average molecular weight is 585 g/mol. The minimum absolute atomic E-state index is 0.0146. The Bertz CT molecular complexity index is 1560. The number of carboxylic acids is 1. The van der Waals surface area contributed by atoms with Crippen molar-refractivity contribution in [3.8, 4) is 23.0 Å².